The molecular weight excluding hydrogens is 284 g/mol. The number of nitrogens with one attached hydrogen (secondary N) is 1. The van der Waals surface area contributed by atoms with Gasteiger partial charge in [-0.25, -0.2) is 4.79 Å². The monoisotopic (exact) mass is 308 g/mol. The molecule has 1 N–H and O–H groups in total. The normalized spacial score (nSPS) is 18.1. The van der Waals surface area contributed by atoms with Crippen LogP contribution in [0.25, 0.3) is 0 Å². The van der Waals surface area contributed by atoms with Crippen LogP contribution in [0.15, 0.2) is 18.5 Å². The number of urea groups is 1. The Balaban J connectivity index is 1.97. The lowest BCUT2D eigenvalue weighted by atomic mass is 10.3. The Hall–Kier alpha value is -1.86. The number of morpholine rings is 1. The predicted molar refractivity (Wildman–Crippen MR) is 85.4 cm³/mol. The average molecular weight is 308 g/mol. The summed E-state index contributed by atoms with van der Waals surface area (Å²) in [4.78, 5) is 20.2. The summed E-state index contributed by atoms with van der Waals surface area (Å²) in [6.07, 6.45) is 3.33. The van der Waals surface area contributed by atoms with Crippen LogP contribution < -0.4 is 10.2 Å². The minimum atomic E-state index is -0.126. The van der Waals surface area contributed by atoms with Gasteiger partial charge in [0, 0.05) is 33.4 Å². The lowest BCUT2D eigenvalue weighted by Gasteiger charge is -2.33. The summed E-state index contributed by atoms with van der Waals surface area (Å²) in [6.45, 7) is 4.75. The van der Waals surface area contributed by atoms with Crippen LogP contribution in [-0.4, -0.2) is 69.0 Å². The molecule has 0 radical (unpaired) electrons. The molecule has 1 aliphatic rings. The number of nitrogens with zero attached hydrogens (tertiary/aromatic N) is 3. The molecular formula is C15H24N4O3. The Kier molecular flexibility index (Phi) is 5.97. The van der Waals surface area contributed by atoms with Gasteiger partial charge in [0.25, 0.3) is 0 Å². The first-order valence-electron chi connectivity index (χ1n) is 7.48. The number of ether oxygens (including phenoxy) is 2. The number of carbonyl (C=O) groups is 1. The molecule has 0 spiro atoms. The van der Waals surface area contributed by atoms with E-state index in [2.05, 4.69) is 10.3 Å². The average Bonchev–Trinajstić information content (AvgIpc) is 2.53. The number of amides is 2. The van der Waals surface area contributed by atoms with Gasteiger partial charge in [-0.15, -0.1) is 0 Å². The first-order chi connectivity index (χ1) is 10.6. The molecule has 0 saturated carbocycles. The maximum atomic E-state index is 12.4. The Morgan fingerprint density at radius 2 is 2.41 bits per heavy atom. The fraction of sp³-hybridized carbons (Fsp3) is 0.600. The smallest absolute Gasteiger partial charge is 0.322 e. The van der Waals surface area contributed by atoms with E-state index < -0.39 is 0 Å². The van der Waals surface area contributed by atoms with E-state index in [0.29, 0.717) is 32.9 Å². The second-order valence-corrected chi connectivity index (χ2v) is 5.32. The van der Waals surface area contributed by atoms with Crippen LogP contribution in [0.5, 0.6) is 0 Å². The van der Waals surface area contributed by atoms with Gasteiger partial charge in [-0.1, -0.05) is 0 Å². The Labute approximate surface area is 131 Å². The molecule has 1 atom stereocenters. The van der Waals surface area contributed by atoms with Gasteiger partial charge in [0.05, 0.1) is 43.4 Å². The maximum Gasteiger partial charge on any atom is 0.322 e. The van der Waals surface area contributed by atoms with Crippen LogP contribution >= 0.6 is 0 Å². The molecule has 1 unspecified atom stereocenters. The third-order valence-electron chi connectivity index (χ3n) is 3.46. The maximum absolute atomic E-state index is 12.4. The number of anilines is 2. The van der Waals surface area contributed by atoms with Gasteiger partial charge in [-0.05, 0) is 13.0 Å². The molecule has 1 fully saturated rings. The molecule has 2 heterocycles. The third-order valence-corrected chi connectivity index (χ3v) is 3.46. The van der Waals surface area contributed by atoms with Crippen molar-refractivity contribution in [2.45, 2.75) is 13.0 Å². The lowest BCUT2D eigenvalue weighted by molar-refractivity contribution is -0.0555. The van der Waals surface area contributed by atoms with Crippen molar-refractivity contribution in [3.05, 3.63) is 18.5 Å². The minimum Gasteiger partial charge on any atom is -0.379 e. The number of pyridine rings is 1. The number of rotatable bonds is 5. The zero-order valence-electron chi connectivity index (χ0n) is 13.4. The SMILES string of the molecule is CCOCC1CN(C(=O)Nc2ccncc2N(C)C)CCO1. The van der Waals surface area contributed by atoms with E-state index in [4.69, 9.17) is 9.47 Å². The second kappa shape index (κ2) is 7.95. The van der Waals surface area contributed by atoms with E-state index in [1.807, 2.05) is 25.9 Å². The molecule has 1 saturated heterocycles. The standard InChI is InChI=1S/C15H24N4O3/c1-4-21-11-12-10-19(7-8-22-12)15(20)17-13-5-6-16-9-14(13)18(2)3/h5-6,9,12H,4,7-8,10-11H2,1-3H3,(H,16,17,20). The molecule has 7 nitrogen and oxygen atoms in total. The Bertz CT molecular complexity index is 495. The molecule has 0 aliphatic carbocycles. The molecule has 1 aromatic rings. The van der Waals surface area contributed by atoms with E-state index in [-0.39, 0.29) is 12.1 Å². The zero-order chi connectivity index (χ0) is 15.9. The van der Waals surface area contributed by atoms with Crippen LogP contribution in [-0.2, 0) is 9.47 Å². The van der Waals surface area contributed by atoms with Crippen molar-refractivity contribution in [1.82, 2.24) is 9.88 Å². The largest absolute Gasteiger partial charge is 0.379 e. The minimum absolute atomic E-state index is 0.0646. The Morgan fingerprint density at radius 3 is 3.14 bits per heavy atom. The van der Waals surface area contributed by atoms with Crippen molar-refractivity contribution < 1.29 is 14.3 Å². The van der Waals surface area contributed by atoms with E-state index in [0.717, 1.165) is 11.4 Å². The number of hydrogen-bond acceptors (Lipinski definition) is 5. The topological polar surface area (TPSA) is 66.9 Å². The van der Waals surface area contributed by atoms with Crippen LogP contribution in [0.2, 0.25) is 0 Å². The molecule has 7 heteroatoms. The highest BCUT2D eigenvalue weighted by Crippen LogP contribution is 2.22. The van der Waals surface area contributed by atoms with Crippen molar-refractivity contribution in [3.8, 4) is 0 Å². The fourth-order valence-corrected chi connectivity index (χ4v) is 2.30. The summed E-state index contributed by atoms with van der Waals surface area (Å²) >= 11 is 0. The first kappa shape index (κ1) is 16.5. The summed E-state index contributed by atoms with van der Waals surface area (Å²) in [6, 6.07) is 1.67. The molecule has 2 rings (SSSR count). The number of carbonyl (C=O) groups excluding carboxylic acids is 1. The van der Waals surface area contributed by atoms with Gasteiger partial charge in [0.2, 0.25) is 0 Å². The van der Waals surface area contributed by atoms with Crippen LogP contribution in [0.4, 0.5) is 16.2 Å². The van der Waals surface area contributed by atoms with Crippen molar-refractivity contribution in [1.29, 1.82) is 0 Å². The first-order valence-corrected chi connectivity index (χ1v) is 7.48. The van der Waals surface area contributed by atoms with E-state index >= 15 is 0 Å². The third kappa shape index (κ3) is 4.32. The summed E-state index contributed by atoms with van der Waals surface area (Å²) in [5, 5.41) is 2.95. The van der Waals surface area contributed by atoms with E-state index in [9.17, 15) is 4.79 Å². The molecule has 122 valence electrons. The van der Waals surface area contributed by atoms with Gasteiger partial charge < -0.3 is 24.6 Å². The highest BCUT2D eigenvalue weighted by Gasteiger charge is 2.24. The quantitative estimate of drug-likeness (QED) is 0.891. The summed E-state index contributed by atoms with van der Waals surface area (Å²) in [5.41, 5.74) is 1.62. The molecule has 0 aromatic carbocycles. The molecule has 1 aliphatic heterocycles. The summed E-state index contributed by atoms with van der Waals surface area (Å²) < 4.78 is 11.0. The van der Waals surface area contributed by atoms with E-state index in [1.54, 1.807) is 23.4 Å². The zero-order valence-corrected chi connectivity index (χ0v) is 13.4. The Morgan fingerprint density at radius 1 is 1.59 bits per heavy atom. The van der Waals surface area contributed by atoms with Gasteiger partial charge in [0.1, 0.15) is 0 Å². The van der Waals surface area contributed by atoms with Crippen molar-refractivity contribution >= 4 is 17.4 Å². The highest BCUT2D eigenvalue weighted by molar-refractivity contribution is 5.93. The highest BCUT2D eigenvalue weighted by atomic mass is 16.5. The van der Waals surface area contributed by atoms with Crippen LogP contribution in [0, 0.1) is 0 Å². The summed E-state index contributed by atoms with van der Waals surface area (Å²) in [5.74, 6) is 0. The van der Waals surface area contributed by atoms with E-state index in [1.165, 1.54) is 0 Å². The molecule has 2 amide bonds. The lowest BCUT2D eigenvalue weighted by Crippen LogP contribution is -2.48. The van der Waals surface area contributed by atoms with Crippen molar-refractivity contribution in [2.24, 2.45) is 0 Å². The second-order valence-electron chi connectivity index (χ2n) is 5.32. The predicted octanol–water partition coefficient (Wildman–Crippen LogP) is 1.42. The number of hydrogen-bond donors (Lipinski definition) is 1. The summed E-state index contributed by atoms with van der Waals surface area (Å²) in [7, 11) is 3.83. The van der Waals surface area contributed by atoms with Crippen LogP contribution in [0.3, 0.4) is 0 Å². The van der Waals surface area contributed by atoms with Crippen molar-refractivity contribution in [2.75, 3.05) is 57.2 Å². The van der Waals surface area contributed by atoms with Gasteiger partial charge >= 0.3 is 6.03 Å². The van der Waals surface area contributed by atoms with Crippen LogP contribution in [0.1, 0.15) is 6.92 Å². The number of aromatic nitrogens is 1. The van der Waals surface area contributed by atoms with Gasteiger partial charge in [-0.2, -0.15) is 0 Å². The molecule has 22 heavy (non-hydrogen) atoms. The molecule has 1 aromatic heterocycles. The van der Waals surface area contributed by atoms with Gasteiger partial charge in [0.15, 0.2) is 0 Å². The van der Waals surface area contributed by atoms with Crippen molar-refractivity contribution in [3.63, 3.8) is 0 Å². The fourth-order valence-electron chi connectivity index (χ4n) is 2.30. The molecule has 0 bridgehead atoms. The van der Waals surface area contributed by atoms with Gasteiger partial charge in [-0.3, -0.25) is 4.98 Å².